The van der Waals surface area contributed by atoms with Gasteiger partial charge in [-0.25, -0.2) is 0 Å². The molecule has 1 atom stereocenters. The summed E-state index contributed by atoms with van der Waals surface area (Å²) >= 11 is 0. The first-order valence-electron chi connectivity index (χ1n) is 13.5. The van der Waals surface area contributed by atoms with Gasteiger partial charge in [0.2, 0.25) is 11.4 Å². The molecule has 11 rings (SSSR count). The van der Waals surface area contributed by atoms with E-state index < -0.39 is 5.66 Å². The third-order valence-electron chi connectivity index (χ3n) is 9.32. The molecule has 0 bridgehead atoms. The van der Waals surface area contributed by atoms with E-state index in [1.165, 1.54) is 71.4 Å². The first-order chi connectivity index (χ1) is 19.4. The van der Waals surface area contributed by atoms with Crippen molar-refractivity contribution in [3.05, 3.63) is 127 Å². The first-order valence-corrected chi connectivity index (χ1v) is 13.5. The quantitative estimate of drug-likeness (QED) is 0.128. The van der Waals surface area contributed by atoms with Crippen molar-refractivity contribution in [2.45, 2.75) is 5.66 Å². The van der Waals surface area contributed by atoms with Gasteiger partial charge in [0.1, 0.15) is 16.8 Å². The Morgan fingerprint density at radius 2 is 1.44 bits per heavy atom. The van der Waals surface area contributed by atoms with Gasteiger partial charge in [0.05, 0.1) is 10.9 Å². The molecule has 4 heteroatoms. The average molecular weight is 498 g/mol. The van der Waals surface area contributed by atoms with Gasteiger partial charge < -0.3 is 4.74 Å². The average Bonchev–Trinajstić information content (AvgIpc) is 3.60. The maximum Gasteiger partial charge on any atom is 0.407 e. The van der Waals surface area contributed by atoms with Crippen LogP contribution in [0.4, 0.5) is 0 Å². The largest absolute Gasteiger partial charge is 0.422 e. The number of hydrogen-bond acceptors (Lipinski definition) is 1. The van der Waals surface area contributed by atoms with Gasteiger partial charge in [-0.2, -0.15) is 4.40 Å². The molecule has 1 spiro atoms. The minimum atomic E-state index is -0.583. The summed E-state index contributed by atoms with van der Waals surface area (Å²) < 4.78 is 14.2. The zero-order valence-corrected chi connectivity index (χ0v) is 20.7. The van der Waals surface area contributed by atoms with Crippen molar-refractivity contribution in [1.82, 2.24) is 4.40 Å². The number of pyridine rings is 3. The Kier molecular flexibility index (Phi) is 2.87. The number of nitrogens with zero attached hydrogens (tertiary/aromatic N) is 3. The molecule has 4 aromatic carbocycles. The lowest BCUT2D eigenvalue weighted by atomic mass is 9.90. The number of fused-ring (bicyclic) bond motifs is 9. The summed E-state index contributed by atoms with van der Waals surface area (Å²) in [5.41, 5.74) is 6.80. The van der Waals surface area contributed by atoms with Crippen molar-refractivity contribution >= 4 is 48.9 Å². The minimum Gasteiger partial charge on any atom is -0.422 e. The zero-order chi connectivity index (χ0) is 25.0. The lowest BCUT2D eigenvalue weighted by Crippen LogP contribution is -2.72. The topological polar surface area (TPSA) is 21.4 Å². The summed E-state index contributed by atoms with van der Waals surface area (Å²) in [5.74, 6) is 1.79. The molecule has 3 aliphatic heterocycles. The highest BCUT2D eigenvalue weighted by Gasteiger charge is 2.70. The molecule has 1 unspecified atom stereocenters. The van der Waals surface area contributed by atoms with Crippen LogP contribution in [0, 0.1) is 0 Å². The Morgan fingerprint density at radius 3 is 2.33 bits per heavy atom. The fourth-order valence-electron chi connectivity index (χ4n) is 8.01. The van der Waals surface area contributed by atoms with E-state index in [0.717, 1.165) is 11.6 Å². The summed E-state index contributed by atoms with van der Waals surface area (Å²) in [6, 6.07) is 39.8. The SMILES string of the molecule is c1cc2c3c(c1)-c1cccc[n+]1C31c3c4ccccc4c4c5cc6ccccc6cc5c5ccc([n+]1c5n34)O2. The van der Waals surface area contributed by atoms with Crippen LogP contribution in [0.15, 0.2) is 115 Å². The van der Waals surface area contributed by atoms with Gasteiger partial charge in [-0.3, -0.25) is 0 Å². The Morgan fingerprint density at radius 1 is 0.641 bits per heavy atom. The lowest BCUT2D eigenvalue weighted by Gasteiger charge is -2.26. The van der Waals surface area contributed by atoms with E-state index in [1.54, 1.807) is 0 Å². The zero-order valence-electron chi connectivity index (χ0n) is 20.7. The van der Waals surface area contributed by atoms with E-state index in [4.69, 9.17) is 4.74 Å². The number of rotatable bonds is 0. The number of hydrogen-bond donors (Lipinski definition) is 0. The van der Waals surface area contributed by atoms with Crippen LogP contribution in [0.25, 0.3) is 60.1 Å². The molecule has 0 saturated heterocycles. The third-order valence-corrected chi connectivity index (χ3v) is 9.32. The van der Waals surface area contributed by atoms with E-state index in [0.29, 0.717) is 0 Å². The number of aromatic nitrogens is 3. The Hall–Kier alpha value is -5.22. The van der Waals surface area contributed by atoms with Crippen molar-refractivity contribution in [3.63, 3.8) is 0 Å². The van der Waals surface area contributed by atoms with Gasteiger partial charge in [0, 0.05) is 39.7 Å². The summed E-state index contributed by atoms with van der Waals surface area (Å²) in [6.07, 6.45) is 2.24. The van der Waals surface area contributed by atoms with Crippen LogP contribution in [0.1, 0.15) is 11.3 Å². The molecule has 3 aliphatic rings. The number of ether oxygens (including phenoxy) is 1. The summed E-state index contributed by atoms with van der Waals surface area (Å²) in [5, 5.41) is 8.88. The molecule has 7 heterocycles. The Bertz CT molecular complexity index is 2490. The second kappa shape index (κ2) is 5.92. The smallest absolute Gasteiger partial charge is 0.407 e. The van der Waals surface area contributed by atoms with Crippen molar-refractivity contribution in [3.8, 4) is 22.9 Å². The summed E-state index contributed by atoms with van der Waals surface area (Å²) in [6.45, 7) is 0. The van der Waals surface area contributed by atoms with Crippen molar-refractivity contribution in [2.75, 3.05) is 0 Å². The van der Waals surface area contributed by atoms with Crippen molar-refractivity contribution in [1.29, 1.82) is 0 Å². The molecule has 4 nitrogen and oxygen atoms in total. The molecule has 178 valence electrons. The van der Waals surface area contributed by atoms with Gasteiger partial charge >= 0.3 is 11.3 Å². The Labute approximate surface area is 222 Å². The first kappa shape index (κ1) is 18.9. The maximum absolute atomic E-state index is 6.71. The van der Waals surface area contributed by atoms with Gasteiger partial charge in [-0.1, -0.05) is 42.5 Å². The van der Waals surface area contributed by atoms with Gasteiger partial charge in [-0.05, 0) is 59.3 Å². The predicted octanol–water partition coefficient (Wildman–Crippen LogP) is 6.82. The van der Waals surface area contributed by atoms with Crippen LogP contribution >= 0.6 is 0 Å². The predicted molar refractivity (Wildman–Crippen MR) is 151 cm³/mol. The fraction of sp³-hybridized carbons (Fsp3) is 0.0286. The fourth-order valence-corrected chi connectivity index (χ4v) is 8.01. The van der Waals surface area contributed by atoms with Crippen LogP contribution in [-0.2, 0) is 5.66 Å². The van der Waals surface area contributed by atoms with E-state index in [-0.39, 0.29) is 0 Å². The molecule has 4 aromatic heterocycles. The molecule has 0 radical (unpaired) electrons. The Balaban J connectivity index is 1.52. The van der Waals surface area contributed by atoms with Crippen LogP contribution in [-0.4, -0.2) is 4.40 Å². The normalized spacial score (nSPS) is 17.5. The molecular formula is C35H19N3O+2. The summed E-state index contributed by atoms with van der Waals surface area (Å²) in [7, 11) is 0. The molecule has 0 amide bonds. The van der Waals surface area contributed by atoms with Crippen molar-refractivity contribution in [2.24, 2.45) is 0 Å². The standard InChI is InChI=1S/C35H19N3O/c1-2-9-21-19-27-26(18-20(21)8-1)24-15-16-30-38-34(24)37-32(27)22-10-3-4-11-23(22)33(37)35(38)31-25(12-7-14-29(31)39-30)28-13-5-6-17-36(28)35/h1-19H/q+2. The van der Waals surface area contributed by atoms with E-state index in [2.05, 4.69) is 129 Å². The molecule has 39 heavy (non-hydrogen) atoms. The molecular weight excluding hydrogens is 478 g/mol. The highest BCUT2D eigenvalue weighted by Crippen LogP contribution is 2.55. The molecule has 0 fully saturated rings. The van der Waals surface area contributed by atoms with Crippen LogP contribution in [0.2, 0.25) is 0 Å². The molecule has 0 N–H and O–H groups in total. The number of benzene rings is 4. The van der Waals surface area contributed by atoms with Crippen LogP contribution in [0.3, 0.4) is 0 Å². The van der Waals surface area contributed by atoms with Crippen LogP contribution in [0.5, 0.6) is 11.6 Å². The highest BCUT2D eigenvalue weighted by atomic mass is 16.5. The molecule has 0 aliphatic carbocycles. The van der Waals surface area contributed by atoms with Gasteiger partial charge in [0.15, 0.2) is 6.20 Å². The minimum absolute atomic E-state index is 0.583. The molecule has 8 aromatic rings. The summed E-state index contributed by atoms with van der Waals surface area (Å²) in [4.78, 5) is 0. The van der Waals surface area contributed by atoms with Crippen LogP contribution < -0.4 is 13.9 Å². The maximum atomic E-state index is 6.71. The molecule has 0 saturated carbocycles. The van der Waals surface area contributed by atoms with E-state index >= 15 is 0 Å². The van der Waals surface area contributed by atoms with Gasteiger partial charge in [0.25, 0.3) is 5.88 Å². The lowest BCUT2D eigenvalue weighted by molar-refractivity contribution is -0.952. The van der Waals surface area contributed by atoms with E-state index in [1.807, 2.05) is 0 Å². The monoisotopic (exact) mass is 497 g/mol. The van der Waals surface area contributed by atoms with E-state index in [9.17, 15) is 0 Å². The van der Waals surface area contributed by atoms with Crippen molar-refractivity contribution < 1.29 is 13.9 Å². The highest BCUT2D eigenvalue weighted by molar-refractivity contribution is 6.22. The third kappa shape index (κ3) is 1.82. The second-order valence-corrected chi connectivity index (χ2v) is 11.0. The second-order valence-electron chi connectivity index (χ2n) is 11.0. The van der Waals surface area contributed by atoms with Gasteiger partial charge in [-0.15, -0.1) is 9.13 Å².